The smallest absolute Gasteiger partial charge is 0.255 e. The highest BCUT2D eigenvalue weighted by molar-refractivity contribution is 7.92. The van der Waals surface area contributed by atoms with Crippen LogP contribution in [0, 0.1) is 0 Å². The zero-order chi connectivity index (χ0) is 27.9. The third kappa shape index (κ3) is 8.08. The van der Waals surface area contributed by atoms with Gasteiger partial charge in [-0.1, -0.05) is 45.0 Å². The Morgan fingerprint density at radius 2 is 1.53 bits per heavy atom. The van der Waals surface area contributed by atoms with Crippen molar-refractivity contribution in [1.29, 1.82) is 0 Å². The minimum Gasteiger partial charge on any atom is -0.497 e. The molecule has 38 heavy (non-hydrogen) atoms. The second-order valence-electron chi connectivity index (χ2n) is 10.1. The number of methoxy groups -OCH3 is 1. The molecule has 0 aliphatic rings. The zero-order valence-electron chi connectivity index (χ0n) is 22.4. The van der Waals surface area contributed by atoms with Crippen LogP contribution in [0.1, 0.15) is 49.5 Å². The molecule has 0 aliphatic carbocycles. The Kier molecular flexibility index (Phi) is 9.17. The SMILES string of the molecule is COc1cccc(N(CCCC(=O)Nc2cccc(NC(=O)c3ccc(C(C)(C)C)cc3)c2)S(C)(=O)=O)c1. The van der Waals surface area contributed by atoms with Crippen molar-refractivity contribution in [2.24, 2.45) is 0 Å². The molecule has 9 heteroatoms. The summed E-state index contributed by atoms with van der Waals surface area (Å²) in [6.07, 6.45) is 1.56. The number of carbonyl (C=O) groups excluding carboxylic acids is 2. The molecule has 0 spiro atoms. The number of hydrogen-bond donors (Lipinski definition) is 2. The molecule has 3 aromatic rings. The van der Waals surface area contributed by atoms with Crippen molar-refractivity contribution in [3.8, 4) is 5.75 Å². The number of amides is 2. The molecule has 0 aliphatic heterocycles. The average molecular weight is 538 g/mol. The third-order valence-electron chi connectivity index (χ3n) is 5.92. The van der Waals surface area contributed by atoms with E-state index in [2.05, 4.69) is 31.4 Å². The van der Waals surface area contributed by atoms with E-state index >= 15 is 0 Å². The largest absolute Gasteiger partial charge is 0.497 e. The number of anilines is 3. The molecule has 3 rings (SSSR count). The number of rotatable bonds is 10. The van der Waals surface area contributed by atoms with Gasteiger partial charge in [-0.2, -0.15) is 0 Å². The number of ether oxygens (including phenoxy) is 1. The van der Waals surface area contributed by atoms with Gasteiger partial charge >= 0.3 is 0 Å². The van der Waals surface area contributed by atoms with Crippen LogP contribution in [0.5, 0.6) is 5.75 Å². The zero-order valence-corrected chi connectivity index (χ0v) is 23.3. The van der Waals surface area contributed by atoms with Gasteiger partial charge in [-0.05, 0) is 59.9 Å². The lowest BCUT2D eigenvalue weighted by Crippen LogP contribution is -2.31. The molecule has 2 amide bonds. The van der Waals surface area contributed by atoms with Gasteiger partial charge < -0.3 is 15.4 Å². The molecule has 0 saturated heterocycles. The Hall–Kier alpha value is -3.85. The van der Waals surface area contributed by atoms with E-state index in [4.69, 9.17) is 4.74 Å². The fourth-order valence-corrected chi connectivity index (χ4v) is 4.82. The summed E-state index contributed by atoms with van der Waals surface area (Å²) in [5, 5.41) is 5.67. The van der Waals surface area contributed by atoms with Crippen molar-refractivity contribution in [3.63, 3.8) is 0 Å². The highest BCUT2D eigenvalue weighted by atomic mass is 32.2. The quantitative estimate of drug-likeness (QED) is 0.359. The molecule has 0 aromatic heterocycles. The molecule has 3 aromatic carbocycles. The Bertz CT molecular complexity index is 1380. The van der Waals surface area contributed by atoms with E-state index in [1.807, 2.05) is 12.1 Å². The first-order valence-electron chi connectivity index (χ1n) is 12.3. The standard InChI is InChI=1S/C29H35N3O5S/c1-29(2,3)22-16-14-21(15-17-22)28(34)31-24-10-6-9-23(19-24)30-27(33)13-8-18-32(38(5,35)36)25-11-7-12-26(20-25)37-4/h6-7,9-12,14-17,19-20H,8,13,18H2,1-5H3,(H,30,33)(H,31,34). The molecule has 0 fully saturated rings. The molecule has 0 saturated carbocycles. The van der Waals surface area contributed by atoms with Crippen molar-refractivity contribution >= 4 is 38.9 Å². The number of carbonyl (C=O) groups is 2. The van der Waals surface area contributed by atoms with Crippen molar-refractivity contribution in [1.82, 2.24) is 0 Å². The van der Waals surface area contributed by atoms with E-state index < -0.39 is 10.0 Å². The number of benzene rings is 3. The average Bonchev–Trinajstić information content (AvgIpc) is 2.85. The highest BCUT2D eigenvalue weighted by Gasteiger charge is 2.18. The van der Waals surface area contributed by atoms with Crippen LogP contribution in [-0.4, -0.2) is 40.1 Å². The Labute approximate surface area is 225 Å². The molecule has 0 radical (unpaired) electrons. The summed E-state index contributed by atoms with van der Waals surface area (Å²) in [4.78, 5) is 25.3. The van der Waals surface area contributed by atoms with Crippen LogP contribution in [0.3, 0.4) is 0 Å². The van der Waals surface area contributed by atoms with E-state index in [0.29, 0.717) is 34.8 Å². The fourth-order valence-electron chi connectivity index (χ4n) is 3.86. The summed E-state index contributed by atoms with van der Waals surface area (Å²) >= 11 is 0. The summed E-state index contributed by atoms with van der Waals surface area (Å²) in [7, 11) is -2.03. The van der Waals surface area contributed by atoms with Gasteiger partial charge in [0.25, 0.3) is 5.91 Å². The van der Waals surface area contributed by atoms with Crippen LogP contribution in [-0.2, 0) is 20.2 Å². The monoisotopic (exact) mass is 537 g/mol. The Balaban J connectivity index is 1.57. The van der Waals surface area contributed by atoms with E-state index in [1.165, 1.54) is 11.4 Å². The maximum absolute atomic E-state index is 12.7. The van der Waals surface area contributed by atoms with Crippen LogP contribution < -0.4 is 19.7 Å². The first-order valence-corrected chi connectivity index (χ1v) is 14.2. The molecule has 2 N–H and O–H groups in total. The topological polar surface area (TPSA) is 105 Å². The highest BCUT2D eigenvalue weighted by Crippen LogP contribution is 2.24. The van der Waals surface area contributed by atoms with Crippen LogP contribution in [0.15, 0.2) is 72.8 Å². The first kappa shape index (κ1) is 28.7. The van der Waals surface area contributed by atoms with Crippen molar-refractivity contribution < 1.29 is 22.7 Å². The fraction of sp³-hybridized carbons (Fsp3) is 0.310. The van der Waals surface area contributed by atoms with E-state index in [9.17, 15) is 18.0 Å². The molecule has 0 unspecified atom stereocenters. The Morgan fingerprint density at radius 1 is 0.895 bits per heavy atom. The summed E-state index contributed by atoms with van der Waals surface area (Å²) in [6.45, 7) is 6.49. The van der Waals surface area contributed by atoms with Gasteiger partial charge in [-0.3, -0.25) is 13.9 Å². The van der Waals surface area contributed by atoms with Gasteiger partial charge in [-0.15, -0.1) is 0 Å². The predicted molar refractivity (Wildman–Crippen MR) is 153 cm³/mol. The summed E-state index contributed by atoms with van der Waals surface area (Å²) < 4.78 is 31.1. The van der Waals surface area contributed by atoms with Gasteiger partial charge in [0, 0.05) is 36.0 Å². The number of nitrogens with one attached hydrogen (secondary N) is 2. The lowest BCUT2D eigenvalue weighted by molar-refractivity contribution is -0.116. The van der Waals surface area contributed by atoms with E-state index in [0.717, 1.165) is 11.8 Å². The lowest BCUT2D eigenvalue weighted by Gasteiger charge is -2.22. The summed E-state index contributed by atoms with van der Waals surface area (Å²) in [6, 6.07) is 21.2. The molecule has 0 heterocycles. The van der Waals surface area contributed by atoms with Crippen LogP contribution in [0.4, 0.5) is 17.1 Å². The van der Waals surface area contributed by atoms with Gasteiger partial charge in [0.15, 0.2) is 0 Å². The molecule has 202 valence electrons. The molecule has 0 bridgehead atoms. The van der Waals surface area contributed by atoms with Crippen LogP contribution in [0.2, 0.25) is 0 Å². The van der Waals surface area contributed by atoms with Crippen molar-refractivity contribution in [2.75, 3.05) is 34.8 Å². The maximum Gasteiger partial charge on any atom is 0.255 e. The van der Waals surface area contributed by atoms with Crippen LogP contribution >= 0.6 is 0 Å². The van der Waals surface area contributed by atoms with E-state index in [1.54, 1.807) is 60.7 Å². The summed E-state index contributed by atoms with van der Waals surface area (Å²) in [5.74, 6) is 0.0421. The van der Waals surface area contributed by atoms with Crippen LogP contribution in [0.25, 0.3) is 0 Å². The third-order valence-corrected chi connectivity index (χ3v) is 7.12. The second-order valence-corrected chi connectivity index (χ2v) is 12.0. The normalized spacial score (nSPS) is 11.5. The van der Waals surface area contributed by atoms with Crippen molar-refractivity contribution in [3.05, 3.63) is 83.9 Å². The van der Waals surface area contributed by atoms with Gasteiger partial charge in [0.1, 0.15) is 5.75 Å². The summed E-state index contributed by atoms with van der Waals surface area (Å²) in [5.41, 5.74) is 3.24. The van der Waals surface area contributed by atoms with Gasteiger partial charge in [-0.25, -0.2) is 8.42 Å². The number of nitrogens with zero attached hydrogens (tertiary/aromatic N) is 1. The molecule has 0 atom stereocenters. The second kappa shape index (κ2) is 12.1. The van der Waals surface area contributed by atoms with E-state index in [-0.39, 0.29) is 30.2 Å². The van der Waals surface area contributed by atoms with Crippen molar-refractivity contribution in [2.45, 2.75) is 39.0 Å². The molecular weight excluding hydrogens is 502 g/mol. The maximum atomic E-state index is 12.7. The number of sulfonamides is 1. The minimum atomic E-state index is -3.54. The Morgan fingerprint density at radius 3 is 2.13 bits per heavy atom. The molecular formula is C29H35N3O5S. The lowest BCUT2D eigenvalue weighted by atomic mass is 9.87. The van der Waals surface area contributed by atoms with Gasteiger partial charge in [0.2, 0.25) is 15.9 Å². The molecule has 8 nitrogen and oxygen atoms in total. The predicted octanol–water partition coefficient (Wildman–Crippen LogP) is 5.43. The first-order chi connectivity index (χ1) is 17.9. The minimum absolute atomic E-state index is 0.000278. The van der Waals surface area contributed by atoms with Gasteiger partial charge in [0.05, 0.1) is 19.1 Å². The number of hydrogen-bond acceptors (Lipinski definition) is 5.